The molecular weight excluding hydrogens is 160 g/mol. The summed E-state index contributed by atoms with van der Waals surface area (Å²) in [5, 5.41) is 0.717. The Balaban J connectivity index is 2.06. The molecule has 0 aromatic heterocycles. The van der Waals surface area contributed by atoms with Gasteiger partial charge in [-0.3, -0.25) is 4.79 Å². The monoisotopic (exact) mass is 174 g/mol. The van der Waals surface area contributed by atoms with Crippen LogP contribution in [0.2, 0.25) is 0 Å². The fourth-order valence-corrected chi connectivity index (χ4v) is 2.54. The van der Waals surface area contributed by atoms with E-state index < -0.39 is 0 Å². The number of esters is 1. The maximum Gasteiger partial charge on any atom is 0.305 e. The molecule has 1 rings (SSSR count). The summed E-state index contributed by atoms with van der Waals surface area (Å²) in [5.74, 6) is 1.20. The van der Waals surface area contributed by atoms with Crippen molar-refractivity contribution in [2.75, 3.05) is 12.9 Å². The van der Waals surface area contributed by atoms with Gasteiger partial charge in [-0.05, 0) is 25.0 Å². The quantitative estimate of drug-likeness (QED) is 0.611. The summed E-state index contributed by atoms with van der Waals surface area (Å²) < 4.78 is 4.56. The summed E-state index contributed by atoms with van der Waals surface area (Å²) in [6, 6.07) is 0. The summed E-state index contributed by atoms with van der Waals surface area (Å²) in [5.41, 5.74) is 0. The van der Waals surface area contributed by atoms with Crippen LogP contribution in [0.25, 0.3) is 0 Å². The van der Waals surface area contributed by atoms with Crippen LogP contribution in [0.1, 0.15) is 25.7 Å². The van der Waals surface area contributed by atoms with E-state index >= 15 is 0 Å². The van der Waals surface area contributed by atoms with Crippen LogP contribution in [-0.2, 0) is 9.53 Å². The van der Waals surface area contributed by atoms with Crippen molar-refractivity contribution in [1.82, 2.24) is 0 Å². The first kappa shape index (κ1) is 8.91. The van der Waals surface area contributed by atoms with Crippen LogP contribution in [-0.4, -0.2) is 24.1 Å². The first-order chi connectivity index (χ1) is 5.33. The molecule has 0 aliphatic carbocycles. The number of hydrogen-bond donors (Lipinski definition) is 0. The van der Waals surface area contributed by atoms with Crippen molar-refractivity contribution in [3.05, 3.63) is 0 Å². The van der Waals surface area contributed by atoms with Crippen LogP contribution in [0.3, 0.4) is 0 Å². The van der Waals surface area contributed by atoms with Gasteiger partial charge in [0.1, 0.15) is 0 Å². The van der Waals surface area contributed by atoms with Crippen LogP contribution in [0.4, 0.5) is 0 Å². The van der Waals surface area contributed by atoms with Crippen LogP contribution in [0.15, 0.2) is 0 Å². The summed E-state index contributed by atoms with van der Waals surface area (Å²) in [7, 11) is 1.45. The molecule has 2 nitrogen and oxygen atoms in total. The highest BCUT2D eigenvalue weighted by atomic mass is 32.2. The SMILES string of the molecule is COC(=O)CCC1CCCS1. The number of rotatable bonds is 3. The van der Waals surface area contributed by atoms with Crippen molar-refractivity contribution in [3.8, 4) is 0 Å². The maximum absolute atomic E-state index is 10.7. The first-order valence-corrected chi connectivity index (χ1v) is 5.06. The lowest BCUT2D eigenvalue weighted by Crippen LogP contribution is -2.04. The molecule has 1 aliphatic heterocycles. The van der Waals surface area contributed by atoms with E-state index in [0.717, 1.165) is 6.42 Å². The first-order valence-electron chi connectivity index (χ1n) is 4.01. The van der Waals surface area contributed by atoms with Gasteiger partial charge in [0, 0.05) is 11.7 Å². The smallest absolute Gasteiger partial charge is 0.305 e. The van der Waals surface area contributed by atoms with Crippen molar-refractivity contribution >= 4 is 17.7 Å². The Morgan fingerprint density at radius 3 is 3.09 bits per heavy atom. The molecule has 0 saturated carbocycles. The van der Waals surface area contributed by atoms with Gasteiger partial charge in [0.25, 0.3) is 0 Å². The Morgan fingerprint density at radius 1 is 1.73 bits per heavy atom. The molecule has 1 fully saturated rings. The molecule has 1 saturated heterocycles. The fraction of sp³-hybridized carbons (Fsp3) is 0.875. The van der Waals surface area contributed by atoms with E-state index in [9.17, 15) is 4.79 Å². The Hall–Kier alpha value is -0.180. The Kier molecular flexibility index (Phi) is 3.77. The van der Waals surface area contributed by atoms with Crippen LogP contribution >= 0.6 is 11.8 Å². The Bertz CT molecular complexity index is 130. The minimum Gasteiger partial charge on any atom is -0.469 e. The fourth-order valence-electron chi connectivity index (χ4n) is 1.25. The molecule has 0 spiro atoms. The minimum atomic E-state index is -0.0718. The average molecular weight is 174 g/mol. The van der Waals surface area contributed by atoms with E-state index in [-0.39, 0.29) is 5.97 Å². The van der Waals surface area contributed by atoms with E-state index in [1.54, 1.807) is 0 Å². The molecule has 1 heterocycles. The topological polar surface area (TPSA) is 26.3 Å². The minimum absolute atomic E-state index is 0.0718. The predicted molar refractivity (Wildman–Crippen MR) is 46.7 cm³/mol. The van der Waals surface area contributed by atoms with Gasteiger partial charge >= 0.3 is 5.97 Å². The molecule has 64 valence electrons. The number of carbonyl (C=O) groups is 1. The molecule has 1 aliphatic rings. The van der Waals surface area contributed by atoms with E-state index in [2.05, 4.69) is 4.74 Å². The molecular formula is C8H14O2S. The number of ether oxygens (including phenoxy) is 1. The van der Waals surface area contributed by atoms with Crippen molar-refractivity contribution in [2.24, 2.45) is 0 Å². The third kappa shape index (κ3) is 3.14. The molecule has 3 heteroatoms. The largest absolute Gasteiger partial charge is 0.469 e. The van der Waals surface area contributed by atoms with Crippen molar-refractivity contribution in [1.29, 1.82) is 0 Å². The molecule has 0 aromatic carbocycles. The highest BCUT2D eigenvalue weighted by molar-refractivity contribution is 8.00. The van der Waals surface area contributed by atoms with Gasteiger partial charge in [0.05, 0.1) is 7.11 Å². The standard InChI is InChI=1S/C8H14O2S/c1-10-8(9)5-4-7-3-2-6-11-7/h7H,2-6H2,1H3. The lowest BCUT2D eigenvalue weighted by molar-refractivity contribution is -0.140. The molecule has 0 N–H and O–H groups in total. The van der Waals surface area contributed by atoms with E-state index in [0.29, 0.717) is 11.7 Å². The second-order valence-electron chi connectivity index (χ2n) is 2.75. The van der Waals surface area contributed by atoms with E-state index in [1.807, 2.05) is 11.8 Å². The lowest BCUT2D eigenvalue weighted by atomic mass is 10.1. The lowest BCUT2D eigenvalue weighted by Gasteiger charge is -2.05. The Labute approximate surface area is 71.7 Å². The van der Waals surface area contributed by atoms with Gasteiger partial charge in [-0.2, -0.15) is 11.8 Å². The van der Waals surface area contributed by atoms with Crippen molar-refractivity contribution in [2.45, 2.75) is 30.9 Å². The normalized spacial score (nSPS) is 23.5. The highest BCUT2D eigenvalue weighted by Crippen LogP contribution is 2.29. The summed E-state index contributed by atoms with van der Waals surface area (Å²) >= 11 is 1.99. The third-order valence-electron chi connectivity index (χ3n) is 1.92. The molecule has 1 atom stereocenters. The molecule has 1 unspecified atom stereocenters. The van der Waals surface area contributed by atoms with Crippen LogP contribution in [0, 0.1) is 0 Å². The molecule has 11 heavy (non-hydrogen) atoms. The van der Waals surface area contributed by atoms with Gasteiger partial charge in [-0.15, -0.1) is 0 Å². The molecule has 0 amide bonds. The third-order valence-corrected chi connectivity index (χ3v) is 3.39. The average Bonchev–Trinajstić information content (AvgIpc) is 2.52. The van der Waals surface area contributed by atoms with Gasteiger partial charge in [0.15, 0.2) is 0 Å². The van der Waals surface area contributed by atoms with Crippen LogP contribution in [0.5, 0.6) is 0 Å². The highest BCUT2D eigenvalue weighted by Gasteiger charge is 2.16. The summed E-state index contributed by atoms with van der Waals surface area (Å²) in [4.78, 5) is 10.7. The summed E-state index contributed by atoms with van der Waals surface area (Å²) in [6.45, 7) is 0. The summed E-state index contributed by atoms with van der Waals surface area (Å²) in [6.07, 6.45) is 4.18. The van der Waals surface area contributed by atoms with Gasteiger partial charge < -0.3 is 4.74 Å². The number of carbonyl (C=O) groups excluding carboxylic acids is 1. The number of thioether (sulfide) groups is 1. The van der Waals surface area contributed by atoms with Gasteiger partial charge in [0.2, 0.25) is 0 Å². The molecule has 0 bridgehead atoms. The van der Waals surface area contributed by atoms with Crippen molar-refractivity contribution in [3.63, 3.8) is 0 Å². The molecule has 0 radical (unpaired) electrons. The Morgan fingerprint density at radius 2 is 2.55 bits per heavy atom. The van der Waals surface area contributed by atoms with Crippen LogP contribution < -0.4 is 0 Å². The number of methoxy groups -OCH3 is 1. The predicted octanol–water partition coefficient (Wildman–Crippen LogP) is 1.84. The zero-order valence-corrected chi connectivity index (χ0v) is 7.65. The molecule has 0 aromatic rings. The van der Waals surface area contributed by atoms with E-state index in [1.165, 1.54) is 25.7 Å². The second kappa shape index (κ2) is 4.65. The zero-order chi connectivity index (χ0) is 8.10. The van der Waals surface area contributed by atoms with Crippen molar-refractivity contribution < 1.29 is 9.53 Å². The van der Waals surface area contributed by atoms with E-state index in [4.69, 9.17) is 0 Å². The maximum atomic E-state index is 10.7. The second-order valence-corrected chi connectivity index (χ2v) is 4.16. The zero-order valence-electron chi connectivity index (χ0n) is 6.84. The number of hydrogen-bond acceptors (Lipinski definition) is 3. The van der Waals surface area contributed by atoms with Gasteiger partial charge in [-0.25, -0.2) is 0 Å². The van der Waals surface area contributed by atoms with Gasteiger partial charge in [-0.1, -0.05) is 0 Å².